The number of amides is 3. The summed E-state index contributed by atoms with van der Waals surface area (Å²) in [4.78, 5) is 22.8. The van der Waals surface area contributed by atoms with Gasteiger partial charge in [0, 0.05) is 0 Å². The highest BCUT2D eigenvalue weighted by Gasteiger charge is 2.23. The molecule has 2 N–H and O–H groups in total. The average Bonchev–Trinajstić information content (AvgIpc) is 2.80. The molecule has 0 spiro atoms. The van der Waals surface area contributed by atoms with E-state index in [-0.39, 0.29) is 11.8 Å². The number of carbonyl (C=O) groups excluding carboxylic acids is 2. The van der Waals surface area contributed by atoms with E-state index >= 15 is 0 Å². The molecule has 0 aliphatic carbocycles. The lowest BCUT2D eigenvalue weighted by Gasteiger charge is -2.18. The molecular weight excluding hydrogens is 364 g/mol. The summed E-state index contributed by atoms with van der Waals surface area (Å²) >= 11 is 3.48. The summed E-state index contributed by atoms with van der Waals surface area (Å²) in [7, 11) is 0. The van der Waals surface area contributed by atoms with Crippen LogP contribution < -0.4 is 20.1 Å². The Morgan fingerprint density at radius 3 is 2.57 bits per heavy atom. The molecule has 1 atom stereocenters. The van der Waals surface area contributed by atoms with Crippen LogP contribution in [0, 0.1) is 0 Å². The van der Waals surface area contributed by atoms with Crippen molar-refractivity contribution in [2.75, 3.05) is 6.61 Å². The summed E-state index contributed by atoms with van der Waals surface area (Å²) in [5.41, 5.74) is 0.907. The Kier molecular flexibility index (Phi) is 5.65. The summed E-state index contributed by atoms with van der Waals surface area (Å²) in [5, 5.41) is 4.61. The molecule has 0 bridgehead atoms. The summed E-state index contributed by atoms with van der Waals surface area (Å²) in [6.07, 6.45) is 2.51. The predicted molar refractivity (Wildman–Crippen MR) is 90.3 cm³/mol. The van der Waals surface area contributed by atoms with Gasteiger partial charge in [0.1, 0.15) is 5.70 Å². The van der Waals surface area contributed by atoms with Gasteiger partial charge in [-0.1, -0.05) is 6.92 Å². The molecule has 0 unspecified atom stereocenters. The van der Waals surface area contributed by atoms with E-state index in [0.717, 1.165) is 10.9 Å². The number of urea groups is 1. The number of nitrogens with one attached hydrogen (secondary N) is 2. The van der Waals surface area contributed by atoms with Gasteiger partial charge < -0.3 is 14.8 Å². The number of rotatable bonds is 6. The van der Waals surface area contributed by atoms with Crippen LogP contribution in [-0.4, -0.2) is 24.6 Å². The molecule has 3 amide bonds. The van der Waals surface area contributed by atoms with Crippen LogP contribution in [-0.2, 0) is 4.79 Å². The standard InChI is InChI=1S/C16H19BrN2O4/c1-4-9(3)23-14-11(17)6-10(8-13(14)22-5-2)7-12-15(20)19-16(21)18-12/h6-9H,4-5H2,1-3H3,(H2,18,19,20,21)/b12-7-/t9-/m0/s1. The maximum atomic E-state index is 11.6. The van der Waals surface area contributed by atoms with Crippen molar-refractivity contribution in [2.45, 2.75) is 33.3 Å². The lowest BCUT2D eigenvalue weighted by atomic mass is 10.1. The molecular formula is C16H19BrN2O4. The smallest absolute Gasteiger partial charge is 0.326 e. The van der Waals surface area contributed by atoms with Crippen LogP contribution in [0.15, 0.2) is 22.3 Å². The fourth-order valence-electron chi connectivity index (χ4n) is 1.98. The summed E-state index contributed by atoms with van der Waals surface area (Å²) in [6.45, 7) is 6.40. The summed E-state index contributed by atoms with van der Waals surface area (Å²) in [6, 6.07) is 3.06. The van der Waals surface area contributed by atoms with Gasteiger partial charge in [-0.15, -0.1) is 0 Å². The van der Waals surface area contributed by atoms with E-state index in [4.69, 9.17) is 9.47 Å². The predicted octanol–water partition coefficient (Wildman–Crippen LogP) is 3.21. The summed E-state index contributed by atoms with van der Waals surface area (Å²) < 4.78 is 12.3. The van der Waals surface area contributed by atoms with E-state index in [2.05, 4.69) is 26.6 Å². The van der Waals surface area contributed by atoms with Crippen LogP contribution in [0.4, 0.5) is 4.79 Å². The van der Waals surface area contributed by atoms with Gasteiger partial charge in [-0.3, -0.25) is 10.1 Å². The quantitative estimate of drug-likeness (QED) is 0.584. The van der Waals surface area contributed by atoms with Crippen molar-refractivity contribution in [1.82, 2.24) is 10.6 Å². The second-order valence-corrected chi connectivity index (χ2v) is 5.92. The van der Waals surface area contributed by atoms with Crippen LogP contribution >= 0.6 is 15.9 Å². The highest BCUT2D eigenvalue weighted by atomic mass is 79.9. The van der Waals surface area contributed by atoms with Crippen molar-refractivity contribution in [2.24, 2.45) is 0 Å². The van der Waals surface area contributed by atoms with Gasteiger partial charge in [0.15, 0.2) is 11.5 Å². The van der Waals surface area contributed by atoms with E-state index in [9.17, 15) is 9.59 Å². The van der Waals surface area contributed by atoms with Gasteiger partial charge in [-0.25, -0.2) is 4.79 Å². The van der Waals surface area contributed by atoms with Gasteiger partial charge in [-0.2, -0.15) is 0 Å². The zero-order valence-electron chi connectivity index (χ0n) is 13.2. The van der Waals surface area contributed by atoms with Crippen LogP contribution in [0.2, 0.25) is 0 Å². The minimum atomic E-state index is -0.526. The SMILES string of the molecule is CCOc1cc(/C=C2\NC(=O)NC2=O)cc(Br)c1O[C@@H](C)CC. The number of benzene rings is 1. The molecule has 0 aromatic heterocycles. The van der Waals surface area contributed by atoms with E-state index < -0.39 is 11.9 Å². The number of halogens is 1. The fourth-order valence-corrected chi connectivity index (χ4v) is 2.54. The van der Waals surface area contributed by atoms with Crippen LogP contribution in [0.25, 0.3) is 6.08 Å². The minimum Gasteiger partial charge on any atom is -0.490 e. The third kappa shape index (κ3) is 4.25. The summed E-state index contributed by atoms with van der Waals surface area (Å²) in [5.74, 6) is 0.756. The number of carbonyl (C=O) groups is 2. The first-order valence-electron chi connectivity index (χ1n) is 7.41. The molecule has 124 valence electrons. The molecule has 1 aromatic rings. The first-order chi connectivity index (χ1) is 10.9. The van der Waals surface area contributed by atoms with Crippen molar-refractivity contribution < 1.29 is 19.1 Å². The number of imide groups is 1. The maximum absolute atomic E-state index is 11.6. The van der Waals surface area contributed by atoms with Crippen LogP contribution in [0.5, 0.6) is 11.5 Å². The second kappa shape index (κ2) is 7.50. The molecule has 7 heteroatoms. The van der Waals surface area contributed by atoms with Crippen molar-refractivity contribution in [3.8, 4) is 11.5 Å². The Balaban J connectivity index is 2.37. The average molecular weight is 383 g/mol. The number of ether oxygens (including phenoxy) is 2. The first kappa shape index (κ1) is 17.3. The zero-order chi connectivity index (χ0) is 17.0. The van der Waals surface area contributed by atoms with Crippen molar-refractivity contribution in [1.29, 1.82) is 0 Å². The Morgan fingerprint density at radius 2 is 2.00 bits per heavy atom. The van der Waals surface area contributed by atoms with E-state index in [1.165, 1.54) is 0 Å². The van der Waals surface area contributed by atoms with Crippen LogP contribution in [0.1, 0.15) is 32.8 Å². The van der Waals surface area contributed by atoms with E-state index in [1.54, 1.807) is 12.1 Å². The van der Waals surface area contributed by atoms with E-state index in [0.29, 0.717) is 23.7 Å². The number of hydrogen-bond donors (Lipinski definition) is 2. The van der Waals surface area contributed by atoms with Gasteiger partial charge in [-0.05, 0) is 60.0 Å². The molecule has 1 saturated heterocycles. The fraction of sp³-hybridized carbons (Fsp3) is 0.375. The topological polar surface area (TPSA) is 76.7 Å². The maximum Gasteiger partial charge on any atom is 0.326 e. The van der Waals surface area contributed by atoms with Gasteiger partial charge in [0.2, 0.25) is 0 Å². The molecule has 1 aliphatic heterocycles. The zero-order valence-corrected chi connectivity index (χ0v) is 14.8. The lowest BCUT2D eigenvalue weighted by molar-refractivity contribution is -0.115. The molecule has 1 heterocycles. The van der Waals surface area contributed by atoms with Gasteiger partial charge >= 0.3 is 6.03 Å². The molecule has 1 fully saturated rings. The molecule has 0 saturated carbocycles. The molecule has 23 heavy (non-hydrogen) atoms. The third-order valence-electron chi connectivity index (χ3n) is 3.26. The first-order valence-corrected chi connectivity index (χ1v) is 8.20. The molecule has 2 rings (SSSR count). The second-order valence-electron chi connectivity index (χ2n) is 5.07. The Hall–Kier alpha value is -2.02. The Morgan fingerprint density at radius 1 is 1.26 bits per heavy atom. The molecule has 0 radical (unpaired) electrons. The largest absolute Gasteiger partial charge is 0.490 e. The Bertz CT molecular complexity index is 658. The third-order valence-corrected chi connectivity index (χ3v) is 3.85. The Labute approximate surface area is 143 Å². The highest BCUT2D eigenvalue weighted by molar-refractivity contribution is 9.10. The normalized spacial score (nSPS) is 17.0. The van der Waals surface area contributed by atoms with Gasteiger partial charge in [0.05, 0.1) is 17.2 Å². The number of hydrogen-bond acceptors (Lipinski definition) is 4. The highest BCUT2D eigenvalue weighted by Crippen LogP contribution is 2.38. The molecule has 6 nitrogen and oxygen atoms in total. The van der Waals surface area contributed by atoms with Crippen molar-refractivity contribution >= 4 is 33.9 Å². The van der Waals surface area contributed by atoms with Crippen molar-refractivity contribution in [3.63, 3.8) is 0 Å². The van der Waals surface area contributed by atoms with Crippen LogP contribution in [0.3, 0.4) is 0 Å². The molecule has 1 aromatic carbocycles. The van der Waals surface area contributed by atoms with E-state index in [1.807, 2.05) is 26.8 Å². The van der Waals surface area contributed by atoms with Crippen molar-refractivity contribution in [3.05, 3.63) is 27.9 Å². The monoisotopic (exact) mass is 382 g/mol. The molecule has 1 aliphatic rings. The lowest BCUT2D eigenvalue weighted by Crippen LogP contribution is -2.22. The minimum absolute atomic E-state index is 0.0506. The van der Waals surface area contributed by atoms with Gasteiger partial charge in [0.25, 0.3) is 5.91 Å².